The molecule has 0 saturated heterocycles. The molecule has 0 aromatic rings. The minimum absolute atomic E-state index is 0.0123. The molecule has 2 atom stereocenters. The molecule has 0 aliphatic heterocycles. The molecule has 0 aromatic heterocycles. The van der Waals surface area contributed by atoms with E-state index in [1.807, 2.05) is 20.8 Å². The molecule has 0 saturated carbocycles. The van der Waals surface area contributed by atoms with Gasteiger partial charge >= 0.3 is 0 Å². The lowest BCUT2D eigenvalue weighted by atomic mass is 9.87. The summed E-state index contributed by atoms with van der Waals surface area (Å²) in [7, 11) is 0. The number of hydrogen-bond acceptors (Lipinski definition) is 2. The van der Waals surface area contributed by atoms with Crippen LogP contribution in [-0.2, 0) is 9.59 Å². The maximum Gasteiger partial charge on any atom is 0.243 e. The van der Waals surface area contributed by atoms with Gasteiger partial charge in [-0.1, -0.05) is 34.6 Å². The van der Waals surface area contributed by atoms with E-state index in [0.29, 0.717) is 6.41 Å². The highest BCUT2D eigenvalue weighted by Gasteiger charge is 2.27. The molecule has 0 aliphatic carbocycles. The molecule has 0 bridgehead atoms. The van der Waals surface area contributed by atoms with Gasteiger partial charge < -0.3 is 10.6 Å². The smallest absolute Gasteiger partial charge is 0.243 e. The zero-order valence-electron chi connectivity index (χ0n) is 11.1. The second-order valence-corrected chi connectivity index (χ2v) is 5.60. The van der Waals surface area contributed by atoms with Crippen LogP contribution in [-0.4, -0.2) is 24.4 Å². The standard InChI is InChI=1S/C12H24N2O2/c1-8(2)10(13-7-15)11(16)14-9(3)12(4,5)6/h7-10H,1-6H3,(H,13,15)(H,14,16). The highest BCUT2D eigenvalue weighted by atomic mass is 16.2. The highest BCUT2D eigenvalue weighted by Crippen LogP contribution is 2.18. The van der Waals surface area contributed by atoms with Gasteiger partial charge in [-0.25, -0.2) is 0 Å². The van der Waals surface area contributed by atoms with Crippen molar-refractivity contribution in [3.8, 4) is 0 Å². The van der Waals surface area contributed by atoms with Crippen molar-refractivity contribution >= 4 is 12.3 Å². The third-order valence-electron chi connectivity index (χ3n) is 2.85. The number of carbonyl (C=O) groups excluding carboxylic acids is 2. The molecule has 4 heteroatoms. The van der Waals surface area contributed by atoms with Gasteiger partial charge in [-0.3, -0.25) is 9.59 Å². The molecule has 2 amide bonds. The average molecular weight is 228 g/mol. The van der Waals surface area contributed by atoms with E-state index in [-0.39, 0.29) is 23.3 Å². The van der Waals surface area contributed by atoms with Gasteiger partial charge in [0.05, 0.1) is 0 Å². The fourth-order valence-electron chi connectivity index (χ4n) is 1.16. The van der Waals surface area contributed by atoms with Gasteiger partial charge in [-0.2, -0.15) is 0 Å². The van der Waals surface area contributed by atoms with Gasteiger partial charge in [-0.05, 0) is 18.3 Å². The Balaban J connectivity index is 4.47. The van der Waals surface area contributed by atoms with Crippen LogP contribution in [0.1, 0.15) is 41.5 Å². The van der Waals surface area contributed by atoms with Gasteiger partial charge in [0.1, 0.15) is 6.04 Å². The Bertz CT molecular complexity index is 244. The Morgan fingerprint density at radius 3 is 2.00 bits per heavy atom. The first-order chi connectivity index (χ1) is 7.20. The first-order valence-corrected chi connectivity index (χ1v) is 5.70. The fourth-order valence-corrected chi connectivity index (χ4v) is 1.16. The summed E-state index contributed by atoms with van der Waals surface area (Å²) >= 11 is 0. The number of hydrogen-bond donors (Lipinski definition) is 2. The SMILES string of the molecule is CC(C)C(NC=O)C(=O)NC(C)C(C)(C)C. The summed E-state index contributed by atoms with van der Waals surface area (Å²) in [6.07, 6.45) is 0.575. The minimum atomic E-state index is -0.456. The summed E-state index contributed by atoms with van der Waals surface area (Å²) in [5, 5.41) is 5.47. The molecule has 2 N–H and O–H groups in total. The van der Waals surface area contributed by atoms with Crippen molar-refractivity contribution < 1.29 is 9.59 Å². The molecule has 94 valence electrons. The number of amides is 2. The van der Waals surface area contributed by atoms with Crippen LogP contribution in [0, 0.1) is 11.3 Å². The van der Waals surface area contributed by atoms with Crippen molar-refractivity contribution in [1.29, 1.82) is 0 Å². The molecule has 0 aromatic carbocycles. The summed E-state index contributed by atoms with van der Waals surface area (Å²) < 4.78 is 0. The molecule has 2 unspecified atom stereocenters. The van der Waals surface area contributed by atoms with E-state index in [9.17, 15) is 9.59 Å². The maximum atomic E-state index is 11.9. The third kappa shape index (κ3) is 4.64. The average Bonchev–Trinajstić information content (AvgIpc) is 2.11. The Kier molecular flexibility index (Phi) is 5.48. The first-order valence-electron chi connectivity index (χ1n) is 5.70. The van der Waals surface area contributed by atoms with E-state index < -0.39 is 6.04 Å². The normalized spacial score (nSPS) is 15.4. The second kappa shape index (κ2) is 5.87. The molecular formula is C12H24N2O2. The van der Waals surface area contributed by atoms with Crippen molar-refractivity contribution in [3.63, 3.8) is 0 Å². The lowest BCUT2D eigenvalue weighted by Crippen LogP contribution is -2.52. The zero-order valence-corrected chi connectivity index (χ0v) is 11.1. The molecule has 4 nitrogen and oxygen atoms in total. The monoisotopic (exact) mass is 228 g/mol. The van der Waals surface area contributed by atoms with E-state index >= 15 is 0 Å². The van der Waals surface area contributed by atoms with Crippen molar-refractivity contribution in [1.82, 2.24) is 10.6 Å². The quantitative estimate of drug-likeness (QED) is 0.697. The molecule has 0 spiro atoms. The van der Waals surface area contributed by atoms with Crippen LogP contribution >= 0.6 is 0 Å². The fraction of sp³-hybridized carbons (Fsp3) is 0.833. The molecular weight excluding hydrogens is 204 g/mol. The van der Waals surface area contributed by atoms with Crippen LogP contribution in [0.3, 0.4) is 0 Å². The number of nitrogens with one attached hydrogen (secondary N) is 2. The third-order valence-corrected chi connectivity index (χ3v) is 2.85. The number of carbonyl (C=O) groups is 2. The van der Waals surface area contributed by atoms with Crippen LogP contribution in [0.4, 0.5) is 0 Å². The van der Waals surface area contributed by atoms with E-state index in [1.54, 1.807) is 0 Å². The summed E-state index contributed by atoms with van der Waals surface area (Å²) in [5.74, 6) is -0.0399. The van der Waals surface area contributed by atoms with Crippen molar-refractivity contribution in [3.05, 3.63) is 0 Å². The van der Waals surface area contributed by atoms with Crippen molar-refractivity contribution in [2.45, 2.75) is 53.6 Å². The molecule has 0 fully saturated rings. The Labute approximate surface area is 98.2 Å². The van der Waals surface area contributed by atoms with Crippen LogP contribution in [0.15, 0.2) is 0 Å². The Morgan fingerprint density at radius 2 is 1.69 bits per heavy atom. The highest BCUT2D eigenvalue weighted by molar-refractivity contribution is 5.84. The Hall–Kier alpha value is -1.06. The summed E-state index contributed by atoms with van der Waals surface area (Å²) in [6.45, 7) is 12.0. The van der Waals surface area contributed by atoms with Gasteiger partial charge in [0.2, 0.25) is 12.3 Å². The van der Waals surface area contributed by atoms with Crippen LogP contribution in [0.25, 0.3) is 0 Å². The number of rotatable bonds is 5. The van der Waals surface area contributed by atoms with Gasteiger partial charge in [0.15, 0.2) is 0 Å². The van der Waals surface area contributed by atoms with Gasteiger partial charge in [0.25, 0.3) is 0 Å². The summed E-state index contributed by atoms with van der Waals surface area (Å²) in [6, 6.07) is -0.392. The predicted octanol–water partition coefficient (Wildman–Crippen LogP) is 1.31. The lowest BCUT2D eigenvalue weighted by Gasteiger charge is -2.30. The second-order valence-electron chi connectivity index (χ2n) is 5.60. The molecule has 16 heavy (non-hydrogen) atoms. The predicted molar refractivity (Wildman–Crippen MR) is 64.9 cm³/mol. The van der Waals surface area contributed by atoms with E-state index in [1.165, 1.54) is 0 Å². The minimum Gasteiger partial charge on any atom is -0.351 e. The molecule has 0 rings (SSSR count). The molecule has 0 heterocycles. The largest absolute Gasteiger partial charge is 0.351 e. The van der Waals surface area contributed by atoms with E-state index in [4.69, 9.17) is 0 Å². The van der Waals surface area contributed by atoms with Gasteiger partial charge in [-0.15, -0.1) is 0 Å². The van der Waals surface area contributed by atoms with Crippen LogP contribution < -0.4 is 10.6 Å². The zero-order chi connectivity index (χ0) is 12.9. The summed E-state index contributed by atoms with van der Waals surface area (Å²) in [5.41, 5.74) is 0.0123. The van der Waals surface area contributed by atoms with Crippen LogP contribution in [0.2, 0.25) is 0 Å². The molecule has 0 radical (unpaired) electrons. The van der Waals surface area contributed by atoms with E-state index in [0.717, 1.165) is 0 Å². The Morgan fingerprint density at radius 1 is 1.19 bits per heavy atom. The summed E-state index contributed by atoms with van der Waals surface area (Å²) in [4.78, 5) is 22.3. The van der Waals surface area contributed by atoms with Gasteiger partial charge in [0, 0.05) is 6.04 Å². The maximum absolute atomic E-state index is 11.9. The van der Waals surface area contributed by atoms with E-state index in [2.05, 4.69) is 31.4 Å². The lowest BCUT2D eigenvalue weighted by molar-refractivity contribution is -0.127. The van der Waals surface area contributed by atoms with Crippen LogP contribution in [0.5, 0.6) is 0 Å². The van der Waals surface area contributed by atoms with Crippen molar-refractivity contribution in [2.24, 2.45) is 11.3 Å². The topological polar surface area (TPSA) is 58.2 Å². The van der Waals surface area contributed by atoms with Crippen molar-refractivity contribution in [2.75, 3.05) is 0 Å². The molecule has 0 aliphatic rings. The first kappa shape index (κ1) is 14.9.